The summed E-state index contributed by atoms with van der Waals surface area (Å²) in [6, 6.07) is 4.75. The van der Waals surface area contributed by atoms with Gasteiger partial charge in [-0.1, -0.05) is 0 Å². The van der Waals surface area contributed by atoms with Gasteiger partial charge in [0.15, 0.2) is 18.6 Å². The number of aryl methyl sites for hydroxylation is 1. The van der Waals surface area contributed by atoms with Gasteiger partial charge in [0.25, 0.3) is 10.9 Å². The van der Waals surface area contributed by atoms with Gasteiger partial charge in [-0.25, -0.2) is 4.79 Å². The first-order valence-corrected chi connectivity index (χ1v) is 9.81. The maximum atomic E-state index is 12.2. The predicted molar refractivity (Wildman–Crippen MR) is 105 cm³/mol. The van der Waals surface area contributed by atoms with Gasteiger partial charge in [0, 0.05) is 12.1 Å². The van der Waals surface area contributed by atoms with Gasteiger partial charge in [0.05, 0.1) is 12.2 Å². The fourth-order valence-corrected chi connectivity index (χ4v) is 3.17. The summed E-state index contributed by atoms with van der Waals surface area (Å²) in [5.74, 6) is -3.05. The Labute approximate surface area is 176 Å². The number of Topliss-reactive ketones (excluding diaryl/α,β-unsaturated/α-hetero) is 1. The normalized spacial score (nSPS) is 10.4. The standard InChI is InChI=1S/C19H20N2O8S/c1-4-27-19(25)17-16(11(2)22)12(3)29-18(17)20-13(23)9-28-15(24)10-30-14-7-5-6-8-21(14)26/h5-8H,4,9-10H2,1-3H3,(H,20,23). The number of aromatic nitrogens is 1. The molecule has 0 aliphatic rings. The molecule has 160 valence electrons. The zero-order chi connectivity index (χ0) is 22.3. The molecule has 0 unspecified atom stereocenters. The number of nitrogens with one attached hydrogen (secondary N) is 1. The lowest BCUT2D eigenvalue weighted by atomic mass is 10.1. The summed E-state index contributed by atoms with van der Waals surface area (Å²) in [6.45, 7) is 3.73. The second-order valence-electron chi connectivity index (χ2n) is 5.88. The molecular weight excluding hydrogens is 416 g/mol. The molecule has 0 radical (unpaired) electrons. The van der Waals surface area contributed by atoms with Crippen LogP contribution in [0.2, 0.25) is 0 Å². The smallest absolute Gasteiger partial charge is 0.344 e. The van der Waals surface area contributed by atoms with Crippen molar-refractivity contribution in [2.45, 2.75) is 25.8 Å². The molecule has 2 aromatic heterocycles. The van der Waals surface area contributed by atoms with Gasteiger partial charge in [0.1, 0.15) is 17.1 Å². The number of anilines is 1. The van der Waals surface area contributed by atoms with Crippen LogP contribution in [0.4, 0.5) is 5.88 Å². The highest BCUT2D eigenvalue weighted by Crippen LogP contribution is 2.28. The highest BCUT2D eigenvalue weighted by molar-refractivity contribution is 7.99. The fourth-order valence-electron chi connectivity index (χ4n) is 2.46. The number of esters is 2. The van der Waals surface area contributed by atoms with E-state index in [9.17, 15) is 24.4 Å². The van der Waals surface area contributed by atoms with E-state index in [2.05, 4.69) is 5.32 Å². The second-order valence-corrected chi connectivity index (χ2v) is 6.87. The van der Waals surface area contributed by atoms with Crippen LogP contribution < -0.4 is 10.0 Å². The number of hydrogen-bond acceptors (Lipinski definition) is 9. The van der Waals surface area contributed by atoms with Crippen molar-refractivity contribution in [1.82, 2.24) is 0 Å². The Bertz CT molecular complexity index is 969. The Balaban J connectivity index is 1.98. The lowest BCUT2D eigenvalue weighted by Crippen LogP contribution is -2.28. The lowest BCUT2D eigenvalue weighted by Gasteiger charge is -2.07. The Morgan fingerprint density at radius 3 is 2.57 bits per heavy atom. The molecule has 2 aromatic rings. The molecule has 0 aromatic carbocycles. The summed E-state index contributed by atoms with van der Waals surface area (Å²) in [5.41, 5.74) is -0.188. The van der Waals surface area contributed by atoms with Gasteiger partial charge in [0.2, 0.25) is 5.88 Å². The average molecular weight is 436 g/mol. The van der Waals surface area contributed by atoms with Crippen molar-refractivity contribution >= 4 is 41.3 Å². The van der Waals surface area contributed by atoms with Gasteiger partial charge in [-0.05, 0) is 38.6 Å². The Morgan fingerprint density at radius 2 is 1.93 bits per heavy atom. The molecule has 1 N–H and O–H groups in total. The largest absolute Gasteiger partial charge is 0.618 e. The summed E-state index contributed by atoms with van der Waals surface area (Å²) < 4.78 is 15.7. The zero-order valence-electron chi connectivity index (χ0n) is 16.6. The molecule has 2 rings (SSSR count). The van der Waals surface area contributed by atoms with Crippen LogP contribution in [0.15, 0.2) is 33.8 Å². The number of hydrogen-bond donors (Lipinski definition) is 1. The Hall–Kier alpha value is -3.34. The van der Waals surface area contributed by atoms with Crippen molar-refractivity contribution in [2.75, 3.05) is 24.3 Å². The third-order valence-corrected chi connectivity index (χ3v) is 4.65. The third-order valence-electron chi connectivity index (χ3n) is 3.66. The maximum Gasteiger partial charge on any atom is 0.344 e. The van der Waals surface area contributed by atoms with E-state index >= 15 is 0 Å². The molecule has 0 aliphatic heterocycles. The third kappa shape index (κ3) is 5.83. The number of furan rings is 1. The highest BCUT2D eigenvalue weighted by atomic mass is 32.2. The number of ether oxygens (including phenoxy) is 2. The summed E-state index contributed by atoms with van der Waals surface area (Å²) >= 11 is 0.958. The van der Waals surface area contributed by atoms with Crippen LogP contribution >= 0.6 is 11.8 Å². The average Bonchev–Trinajstić information content (AvgIpc) is 3.01. The van der Waals surface area contributed by atoms with Crippen LogP contribution in [0.5, 0.6) is 0 Å². The molecule has 30 heavy (non-hydrogen) atoms. The number of nitrogens with zero attached hydrogens (tertiary/aromatic N) is 1. The molecule has 0 aliphatic carbocycles. The van der Waals surface area contributed by atoms with E-state index in [1.165, 1.54) is 20.0 Å². The van der Waals surface area contributed by atoms with E-state index in [1.807, 2.05) is 0 Å². The Kier molecular flexibility index (Phi) is 7.98. The summed E-state index contributed by atoms with van der Waals surface area (Å²) in [4.78, 5) is 48.0. The van der Waals surface area contributed by atoms with Crippen LogP contribution in [0, 0.1) is 12.1 Å². The van der Waals surface area contributed by atoms with Gasteiger partial charge in [-0.2, -0.15) is 4.73 Å². The lowest BCUT2D eigenvalue weighted by molar-refractivity contribution is -0.645. The topological polar surface area (TPSA) is 139 Å². The number of pyridine rings is 1. The van der Waals surface area contributed by atoms with Crippen molar-refractivity contribution in [2.24, 2.45) is 0 Å². The molecule has 0 fully saturated rings. The zero-order valence-corrected chi connectivity index (χ0v) is 17.4. The predicted octanol–water partition coefficient (Wildman–Crippen LogP) is 1.87. The van der Waals surface area contributed by atoms with Crippen LogP contribution in [-0.2, 0) is 19.1 Å². The number of carbonyl (C=O) groups is 4. The van der Waals surface area contributed by atoms with Crippen molar-refractivity contribution in [3.05, 3.63) is 46.5 Å². The van der Waals surface area contributed by atoms with Gasteiger partial charge in [-0.15, -0.1) is 0 Å². The van der Waals surface area contributed by atoms with Crippen molar-refractivity contribution < 1.29 is 37.8 Å². The van der Waals surface area contributed by atoms with Gasteiger partial charge >= 0.3 is 11.9 Å². The molecule has 0 saturated heterocycles. The van der Waals surface area contributed by atoms with Gasteiger partial charge in [-0.3, -0.25) is 19.7 Å². The number of rotatable bonds is 9. The molecular formula is C19H20N2O8S. The number of amides is 1. The minimum atomic E-state index is -0.822. The van der Waals surface area contributed by atoms with Crippen molar-refractivity contribution in [3.63, 3.8) is 0 Å². The SMILES string of the molecule is CCOC(=O)c1c(NC(=O)COC(=O)CSc2cccc[n+]2[O-])oc(C)c1C(C)=O. The van der Waals surface area contributed by atoms with Crippen LogP contribution in [0.3, 0.4) is 0 Å². The molecule has 10 nitrogen and oxygen atoms in total. The van der Waals surface area contributed by atoms with E-state index in [4.69, 9.17) is 13.9 Å². The van der Waals surface area contributed by atoms with Crippen LogP contribution in [0.25, 0.3) is 0 Å². The first-order chi connectivity index (χ1) is 14.2. The minimum absolute atomic E-state index is 0.00548. The first kappa shape index (κ1) is 22.9. The highest BCUT2D eigenvalue weighted by Gasteiger charge is 2.28. The number of ketones is 1. The van der Waals surface area contributed by atoms with E-state index in [0.29, 0.717) is 9.76 Å². The van der Waals surface area contributed by atoms with E-state index in [0.717, 1.165) is 11.8 Å². The summed E-state index contributed by atoms with van der Waals surface area (Å²) in [6.07, 6.45) is 1.29. The molecule has 0 bridgehead atoms. The second kappa shape index (κ2) is 10.4. The Morgan fingerprint density at radius 1 is 1.20 bits per heavy atom. The molecule has 0 spiro atoms. The van der Waals surface area contributed by atoms with Crippen molar-refractivity contribution in [3.8, 4) is 0 Å². The number of carbonyl (C=O) groups excluding carboxylic acids is 4. The minimum Gasteiger partial charge on any atom is -0.618 e. The van der Waals surface area contributed by atoms with E-state index in [-0.39, 0.29) is 35.1 Å². The molecule has 11 heteroatoms. The first-order valence-electron chi connectivity index (χ1n) is 8.82. The molecule has 1 amide bonds. The molecule has 0 atom stereocenters. The molecule has 0 saturated carbocycles. The molecule has 2 heterocycles. The fraction of sp³-hybridized carbons (Fsp3) is 0.316. The quantitative estimate of drug-likeness (QED) is 0.205. The van der Waals surface area contributed by atoms with Crippen LogP contribution in [0.1, 0.15) is 40.3 Å². The van der Waals surface area contributed by atoms with Crippen LogP contribution in [-0.4, -0.2) is 42.6 Å². The van der Waals surface area contributed by atoms with Crippen molar-refractivity contribution in [1.29, 1.82) is 0 Å². The number of thioether (sulfide) groups is 1. The maximum absolute atomic E-state index is 12.2. The monoisotopic (exact) mass is 436 g/mol. The van der Waals surface area contributed by atoms with E-state index < -0.39 is 30.2 Å². The van der Waals surface area contributed by atoms with Gasteiger partial charge < -0.3 is 19.1 Å². The summed E-state index contributed by atoms with van der Waals surface area (Å²) in [5, 5.41) is 14.1. The summed E-state index contributed by atoms with van der Waals surface area (Å²) in [7, 11) is 0. The van der Waals surface area contributed by atoms with E-state index in [1.54, 1.807) is 25.1 Å².